The molecule has 1 aliphatic heterocycles. The van der Waals surface area contributed by atoms with Crippen LogP contribution in [0.1, 0.15) is 36.5 Å². The van der Waals surface area contributed by atoms with Gasteiger partial charge in [-0.05, 0) is 66.8 Å². The number of anilines is 2. The van der Waals surface area contributed by atoms with Gasteiger partial charge in [0.25, 0.3) is 5.91 Å². The molecule has 0 saturated carbocycles. The maximum atomic E-state index is 13.6. The Morgan fingerprint density at radius 2 is 1.69 bits per heavy atom. The van der Waals surface area contributed by atoms with Crippen LogP contribution in [0.4, 0.5) is 15.8 Å². The summed E-state index contributed by atoms with van der Waals surface area (Å²) in [7, 11) is 0. The molecule has 0 radical (unpaired) electrons. The molecular weight excluding hydrogens is 473 g/mol. The van der Waals surface area contributed by atoms with E-state index in [2.05, 4.69) is 19.2 Å². The third-order valence-corrected chi connectivity index (χ3v) is 7.23. The van der Waals surface area contributed by atoms with Gasteiger partial charge in [-0.1, -0.05) is 67.6 Å². The molecule has 7 heteroatoms. The second-order valence-corrected chi connectivity index (χ2v) is 10.2. The molecule has 2 amide bonds. The van der Waals surface area contributed by atoms with Crippen LogP contribution < -0.4 is 10.2 Å². The molecule has 0 aromatic heterocycles. The van der Waals surface area contributed by atoms with Crippen molar-refractivity contribution >= 4 is 35.0 Å². The Labute approximate surface area is 214 Å². The molecule has 5 nitrogen and oxygen atoms in total. The maximum Gasteiger partial charge on any atom is 0.269 e. The SMILES string of the molecule is Cc1ccc(NC(=O)/C(C#N)=C2\SC(Cc3ccc(F)cc3)C(=O)N2c2ccc(C(C)C)cc2)cc1. The van der Waals surface area contributed by atoms with Crippen LogP contribution in [0.3, 0.4) is 0 Å². The number of hydrogen-bond acceptors (Lipinski definition) is 4. The summed E-state index contributed by atoms with van der Waals surface area (Å²) in [5, 5.41) is 12.5. The molecule has 4 rings (SSSR count). The van der Waals surface area contributed by atoms with Gasteiger partial charge in [0.15, 0.2) is 0 Å². The minimum atomic E-state index is -0.581. The van der Waals surface area contributed by atoms with E-state index >= 15 is 0 Å². The van der Waals surface area contributed by atoms with Crippen molar-refractivity contribution in [3.05, 3.63) is 106 Å². The second-order valence-electron chi connectivity index (χ2n) is 8.97. The van der Waals surface area contributed by atoms with E-state index in [1.807, 2.05) is 49.4 Å². The first-order chi connectivity index (χ1) is 17.3. The number of nitrogens with zero attached hydrogens (tertiary/aromatic N) is 2. The lowest BCUT2D eigenvalue weighted by atomic mass is 10.0. The van der Waals surface area contributed by atoms with Gasteiger partial charge in [-0.15, -0.1) is 0 Å². The summed E-state index contributed by atoms with van der Waals surface area (Å²) in [6, 6.07) is 22.8. The van der Waals surface area contributed by atoms with Gasteiger partial charge in [0.05, 0.1) is 5.25 Å². The van der Waals surface area contributed by atoms with Crippen LogP contribution in [0.2, 0.25) is 0 Å². The summed E-state index contributed by atoms with van der Waals surface area (Å²) in [5.74, 6) is -0.842. The Morgan fingerprint density at radius 1 is 1.06 bits per heavy atom. The van der Waals surface area contributed by atoms with Crippen LogP contribution in [-0.4, -0.2) is 17.1 Å². The van der Waals surface area contributed by atoms with Gasteiger partial charge < -0.3 is 5.32 Å². The molecule has 1 unspecified atom stereocenters. The van der Waals surface area contributed by atoms with Gasteiger partial charge in [0.1, 0.15) is 22.5 Å². The fourth-order valence-corrected chi connectivity index (χ4v) is 5.20. The summed E-state index contributed by atoms with van der Waals surface area (Å²) in [6.07, 6.45) is 0.339. The Bertz CT molecular complexity index is 1340. The average Bonchev–Trinajstić information content (AvgIpc) is 3.17. The van der Waals surface area contributed by atoms with Gasteiger partial charge in [-0.3, -0.25) is 14.5 Å². The molecule has 1 N–H and O–H groups in total. The summed E-state index contributed by atoms with van der Waals surface area (Å²) >= 11 is 1.18. The Morgan fingerprint density at radius 3 is 2.28 bits per heavy atom. The van der Waals surface area contributed by atoms with E-state index in [0.717, 1.165) is 16.7 Å². The van der Waals surface area contributed by atoms with Gasteiger partial charge in [-0.2, -0.15) is 5.26 Å². The smallest absolute Gasteiger partial charge is 0.269 e. The summed E-state index contributed by atoms with van der Waals surface area (Å²) in [4.78, 5) is 28.2. The lowest BCUT2D eigenvalue weighted by Crippen LogP contribution is -2.31. The topological polar surface area (TPSA) is 73.2 Å². The quantitative estimate of drug-likeness (QED) is 0.318. The molecular formula is C29H26FN3O2S. The number of nitrogens with one attached hydrogen (secondary N) is 1. The lowest BCUT2D eigenvalue weighted by molar-refractivity contribution is -0.117. The third-order valence-electron chi connectivity index (χ3n) is 5.97. The zero-order valence-corrected chi connectivity index (χ0v) is 21.1. The van der Waals surface area contributed by atoms with Crippen molar-refractivity contribution in [2.45, 2.75) is 38.4 Å². The summed E-state index contributed by atoms with van der Waals surface area (Å²) < 4.78 is 13.4. The van der Waals surface area contributed by atoms with Crippen molar-refractivity contribution in [1.29, 1.82) is 5.26 Å². The number of aryl methyl sites for hydroxylation is 1. The van der Waals surface area contributed by atoms with Crippen LogP contribution in [-0.2, 0) is 16.0 Å². The number of thioether (sulfide) groups is 1. The highest BCUT2D eigenvalue weighted by atomic mass is 32.2. The average molecular weight is 500 g/mol. The summed E-state index contributed by atoms with van der Waals surface area (Å²) in [6.45, 7) is 6.11. The number of nitriles is 1. The van der Waals surface area contributed by atoms with Crippen LogP contribution in [0.5, 0.6) is 0 Å². The predicted molar refractivity (Wildman–Crippen MR) is 142 cm³/mol. The highest BCUT2D eigenvalue weighted by Crippen LogP contribution is 2.42. The first-order valence-electron chi connectivity index (χ1n) is 11.6. The molecule has 1 atom stereocenters. The fourth-order valence-electron chi connectivity index (χ4n) is 3.90. The number of amides is 2. The van der Waals surface area contributed by atoms with Gasteiger partial charge >= 0.3 is 0 Å². The van der Waals surface area contributed by atoms with Crippen molar-refractivity contribution in [2.24, 2.45) is 0 Å². The Hall–Kier alpha value is -3.89. The predicted octanol–water partition coefficient (Wildman–Crippen LogP) is 6.32. The van der Waals surface area contributed by atoms with Crippen LogP contribution in [0.25, 0.3) is 0 Å². The molecule has 0 spiro atoms. The van der Waals surface area contributed by atoms with E-state index in [0.29, 0.717) is 23.7 Å². The molecule has 1 heterocycles. The fraction of sp³-hybridized carbons (Fsp3) is 0.207. The molecule has 3 aromatic rings. The Balaban J connectivity index is 1.72. The molecule has 1 aliphatic rings. The molecule has 182 valence electrons. The van der Waals surface area contributed by atoms with E-state index in [4.69, 9.17) is 0 Å². The number of halogens is 1. The van der Waals surface area contributed by atoms with Crippen molar-refractivity contribution in [3.8, 4) is 6.07 Å². The highest BCUT2D eigenvalue weighted by molar-refractivity contribution is 8.05. The van der Waals surface area contributed by atoms with E-state index in [1.54, 1.807) is 24.3 Å². The lowest BCUT2D eigenvalue weighted by Gasteiger charge is -2.19. The normalized spacial score (nSPS) is 16.7. The summed E-state index contributed by atoms with van der Waals surface area (Å²) in [5.41, 5.74) is 3.96. The zero-order chi connectivity index (χ0) is 25.8. The van der Waals surface area contributed by atoms with Gasteiger partial charge in [-0.25, -0.2) is 4.39 Å². The first kappa shape index (κ1) is 25.2. The minimum absolute atomic E-state index is 0.136. The number of rotatable bonds is 6. The van der Waals surface area contributed by atoms with E-state index < -0.39 is 11.2 Å². The first-order valence-corrected chi connectivity index (χ1v) is 12.5. The highest BCUT2D eigenvalue weighted by Gasteiger charge is 2.40. The maximum absolute atomic E-state index is 13.6. The molecule has 0 bridgehead atoms. The number of benzene rings is 3. The molecule has 1 fully saturated rings. The third kappa shape index (κ3) is 5.50. The van der Waals surface area contributed by atoms with Crippen LogP contribution in [0, 0.1) is 24.1 Å². The van der Waals surface area contributed by atoms with Crippen molar-refractivity contribution < 1.29 is 14.0 Å². The van der Waals surface area contributed by atoms with Crippen molar-refractivity contribution in [1.82, 2.24) is 0 Å². The molecule has 1 saturated heterocycles. The van der Waals surface area contributed by atoms with E-state index in [-0.39, 0.29) is 22.3 Å². The largest absolute Gasteiger partial charge is 0.321 e. The second kappa shape index (κ2) is 10.8. The minimum Gasteiger partial charge on any atom is -0.321 e. The molecule has 3 aromatic carbocycles. The van der Waals surface area contributed by atoms with E-state index in [9.17, 15) is 19.2 Å². The number of carbonyl (C=O) groups excluding carboxylic acids is 2. The number of carbonyl (C=O) groups is 2. The Kier molecular flexibility index (Phi) is 7.56. The van der Waals surface area contributed by atoms with Crippen LogP contribution >= 0.6 is 11.8 Å². The van der Waals surface area contributed by atoms with Crippen molar-refractivity contribution in [3.63, 3.8) is 0 Å². The van der Waals surface area contributed by atoms with Gasteiger partial charge in [0, 0.05) is 11.4 Å². The monoisotopic (exact) mass is 499 g/mol. The van der Waals surface area contributed by atoms with E-state index in [1.165, 1.54) is 28.8 Å². The number of hydrogen-bond donors (Lipinski definition) is 1. The molecule has 36 heavy (non-hydrogen) atoms. The van der Waals surface area contributed by atoms with Crippen LogP contribution in [0.15, 0.2) is 83.4 Å². The zero-order valence-electron chi connectivity index (χ0n) is 20.3. The molecule has 0 aliphatic carbocycles. The van der Waals surface area contributed by atoms with Crippen molar-refractivity contribution in [2.75, 3.05) is 10.2 Å². The van der Waals surface area contributed by atoms with Gasteiger partial charge in [0.2, 0.25) is 5.91 Å². The standard InChI is InChI=1S/C29H26FN3O2S/c1-18(2)21-8-14-24(15-9-21)33-28(35)26(16-20-6-10-22(30)11-7-20)36-29(33)25(17-31)27(34)32-23-12-4-19(3)5-13-23/h4-15,18,26H,16H2,1-3H3,(H,32,34)/b29-25-.